The number of hydrogen-bond donors (Lipinski definition) is 3. The lowest BCUT2D eigenvalue weighted by Gasteiger charge is -2.27. The summed E-state index contributed by atoms with van der Waals surface area (Å²) in [5.74, 6) is -1.99. The lowest BCUT2D eigenvalue weighted by atomic mass is 10.1. The normalized spacial score (nSPS) is 17.2. The Kier molecular flexibility index (Phi) is 6.96. The number of ether oxygens (including phenoxy) is 1. The standard InChI is InChI=1S/C12H21N3O5/c1-20-11(17)3-2-9(12(18)19)14-10(16)8-15-6-4-13-5-7-15/h9,13H,2-8H2,1H3,(H,14,16)(H,18,19)/t9-/m1/s1. The van der Waals surface area contributed by atoms with Crippen LogP contribution in [0.25, 0.3) is 0 Å². The quantitative estimate of drug-likeness (QED) is 0.485. The molecule has 0 saturated carbocycles. The number of piperazine rings is 1. The van der Waals surface area contributed by atoms with Crippen molar-refractivity contribution in [3.05, 3.63) is 0 Å². The zero-order valence-electron chi connectivity index (χ0n) is 11.6. The number of nitrogens with one attached hydrogen (secondary N) is 2. The smallest absolute Gasteiger partial charge is 0.326 e. The molecular weight excluding hydrogens is 266 g/mol. The molecule has 0 bridgehead atoms. The van der Waals surface area contributed by atoms with Gasteiger partial charge in [0.25, 0.3) is 0 Å². The van der Waals surface area contributed by atoms with E-state index in [1.54, 1.807) is 0 Å². The third-order valence-electron chi connectivity index (χ3n) is 3.07. The summed E-state index contributed by atoms with van der Waals surface area (Å²) in [6.07, 6.45) is -0.0172. The molecule has 0 aromatic heterocycles. The van der Waals surface area contributed by atoms with Crippen molar-refractivity contribution in [3.63, 3.8) is 0 Å². The molecule has 0 radical (unpaired) electrons. The van der Waals surface area contributed by atoms with Crippen molar-refractivity contribution >= 4 is 17.8 Å². The van der Waals surface area contributed by atoms with E-state index in [0.29, 0.717) is 0 Å². The second-order valence-electron chi connectivity index (χ2n) is 4.60. The molecule has 1 atom stereocenters. The average molecular weight is 287 g/mol. The van der Waals surface area contributed by atoms with Gasteiger partial charge >= 0.3 is 11.9 Å². The summed E-state index contributed by atoms with van der Waals surface area (Å²) in [6.45, 7) is 3.32. The second-order valence-corrected chi connectivity index (χ2v) is 4.60. The van der Waals surface area contributed by atoms with Gasteiger partial charge in [-0.1, -0.05) is 0 Å². The molecule has 114 valence electrons. The van der Waals surface area contributed by atoms with E-state index >= 15 is 0 Å². The summed E-state index contributed by atoms with van der Waals surface area (Å²) >= 11 is 0. The highest BCUT2D eigenvalue weighted by molar-refractivity contribution is 5.85. The van der Waals surface area contributed by atoms with Crippen LogP contribution in [0.1, 0.15) is 12.8 Å². The highest BCUT2D eigenvalue weighted by Gasteiger charge is 2.22. The van der Waals surface area contributed by atoms with Gasteiger partial charge < -0.3 is 20.5 Å². The maximum absolute atomic E-state index is 11.8. The lowest BCUT2D eigenvalue weighted by molar-refractivity contribution is -0.144. The molecule has 0 unspecified atom stereocenters. The van der Waals surface area contributed by atoms with E-state index < -0.39 is 18.0 Å². The van der Waals surface area contributed by atoms with E-state index in [4.69, 9.17) is 5.11 Å². The zero-order chi connectivity index (χ0) is 15.0. The van der Waals surface area contributed by atoms with Gasteiger partial charge in [-0.25, -0.2) is 4.79 Å². The maximum atomic E-state index is 11.8. The van der Waals surface area contributed by atoms with Crippen molar-refractivity contribution in [1.82, 2.24) is 15.5 Å². The van der Waals surface area contributed by atoms with Crippen LogP contribution in [0.2, 0.25) is 0 Å². The van der Waals surface area contributed by atoms with Crippen LogP contribution in [-0.4, -0.2) is 73.7 Å². The molecule has 1 rings (SSSR count). The number of hydrogen-bond acceptors (Lipinski definition) is 6. The van der Waals surface area contributed by atoms with Gasteiger partial charge in [0, 0.05) is 32.6 Å². The Morgan fingerprint density at radius 2 is 2.00 bits per heavy atom. The van der Waals surface area contributed by atoms with E-state index in [2.05, 4.69) is 15.4 Å². The van der Waals surface area contributed by atoms with Crippen molar-refractivity contribution in [2.24, 2.45) is 0 Å². The molecule has 1 aliphatic heterocycles. The number of methoxy groups -OCH3 is 1. The molecule has 0 aromatic rings. The summed E-state index contributed by atoms with van der Waals surface area (Å²) < 4.78 is 4.45. The number of rotatable bonds is 7. The summed E-state index contributed by atoms with van der Waals surface area (Å²) in [6, 6.07) is -1.07. The molecule has 20 heavy (non-hydrogen) atoms. The van der Waals surface area contributed by atoms with Crippen LogP contribution in [0.4, 0.5) is 0 Å². The zero-order valence-corrected chi connectivity index (χ0v) is 11.6. The monoisotopic (exact) mass is 287 g/mol. The fourth-order valence-corrected chi connectivity index (χ4v) is 1.93. The first kappa shape index (κ1) is 16.4. The van der Waals surface area contributed by atoms with E-state index in [1.807, 2.05) is 4.90 Å². The fourth-order valence-electron chi connectivity index (χ4n) is 1.93. The van der Waals surface area contributed by atoms with Crippen molar-refractivity contribution in [1.29, 1.82) is 0 Å². The lowest BCUT2D eigenvalue weighted by Crippen LogP contribution is -2.50. The minimum atomic E-state index is -1.15. The van der Waals surface area contributed by atoms with E-state index in [1.165, 1.54) is 7.11 Å². The number of carbonyl (C=O) groups excluding carboxylic acids is 2. The van der Waals surface area contributed by atoms with Crippen LogP contribution in [0.3, 0.4) is 0 Å². The van der Waals surface area contributed by atoms with Gasteiger partial charge in [-0.2, -0.15) is 0 Å². The minimum absolute atomic E-state index is 0.0231. The van der Waals surface area contributed by atoms with Gasteiger partial charge in [0.05, 0.1) is 13.7 Å². The molecule has 1 fully saturated rings. The van der Waals surface area contributed by atoms with Gasteiger partial charge in [0.15, 0.2) is 0 Å². The molecule has 0 aliphatic carbocycles. The van der Waals surface area contributed by atoms with Crippen LogP contribution < -0.4 is 10.6 Å². The SMILES string of the molecule is COC(=O)CC[C@@H](NC(=O)CN1CCNCC1)C(=O)O. The highest BCUT2D eigenvalue weighted by Crippen LogP contribution is 2.00. The first-order valence-corrected chi connectivity index (χ1v) is 6.55. The minimum Gasteiger partial charge on any atom is -0.480 e. The Hall–Kier alpha value is -1.67. The molecule has 1 amide bonds. The van der Waals surface area contributed by atoms with Gasteiger partial charge in [-0.05, 0) is 6.42 Å². The molecule has 8 nitrogen and oxygen atoms in total. The van der Waals surface area contributed by atoms with Crippen molar-refractivity contribution < 1.29 is 24.2 Å². The number of carbonyl (C=O) groups is 3. The summed E-state index contributed by atoms with van der Waals surface area (Å²) in [5.41, 5.74) is 0. The number of esters is 1. The summed E-state index contributed by atoms with van der Waals surface area (Å²) in [5, 5.41) is 14.6. The Morgan fingerprint density at radius 1 is 1.35 bits per heavy atom. The molecule has 0 spiro atoms. The Bertz CT molecular complexity index is 355. The van der Waals surface area contributed by atoms with Crippen LogP contribution in [-0.2, 0) is 19.1 Å². The third kappa shape index (κ3) is 5.98. The molecule has 1 heterocycles. The maximum Gasteiger partial charge on any atom is 0.326 e. The van der Waals surface area contributed by atoms with Crippen LogP contribution >= 0.6 is 0 Å². The topological polar surface area (TPSA) is 108 Å². The summed E-state index contributed by atoms with van der Waals surface area (Å²) in [4.78, 5) is 35.8. The van der Waals surface area contributed by atoms with Gasteiger partial charge in [-0.15, -0.1) is 0 Å². The van der Waals surface area contributed by atoms with Gasteiger partial charge in [0.2, 0.25) is 5.91 Å². The van der Waals surface area contributed by atoms with Crippen molar-refractivity contribution in [2.45, 2.75) is 18.9 Å². The third-order valence-corrected chi connectivity index (χ3v) is 3.07. The molecule has 3 N–H and O–H groups in total. The van der Waals surface area contributed by atoms with E-state index in [-0.39, 0.29) is 25.3 Å². The second kappa shape index (κ2) is 8.49. The number of carboxylic acid groups (broad SMARTS) is 1. The first-order valence-electron chi connectivity index (χ1n) is 6.55. The van der Waals surface area contributed by atoms with Crippen LogP contribution in [0.5, 0.6) is 0 Å². The number of amides is 1. The summed E-state index contributed by atoms with van der Waals surface area (Å²) in [7, 11) is 1.24. The Balaban J connectivity index is 2.37. The number of nitrogens with zero attached hydrogens (tertiary/aromatic N) is 1. The average Bonchev–Trinajstić information content (AvgIpc) is 2.43. The predicted octanol–water partition coefficient (Wildman–Crippen LogP) is -1.59. The highest BCUT2D eigenvalue weighted by atomic mass is 16.5. The van der Waals surface area contributed by atoms with Gasteiger partial charge in [-0.3, -0.25) is 14.5 Å². The van der Waals surface area contributed by atoms with E-state index in [9.17, 15) is 14.4 Å². The molecule has 1 aliphatic rings. The molecule has 8 heteroatoms. The number of aliphatic carboxylic acids is 1. The largest absolute Gasteiger partial charge is 0.480 e. The van der Waals surface area contributed by atoms with Crippen LogP contribution in [0, 0.1) is 0 Å². The first-order chi connectivity index (χ1) is 9.52. The van der Waals surface area contributed by atoms with Gasteiger partial charge in [0.1, 0.15) is 6.04 Å². The molecular formula is C12H21N3O5. The Labute approximate surface area is 117 Å². The van der Waals surface area contributed by atoms with Crippen molar-refractivity contribution in [3.8, 4) is 0 Å². The van der Waals surface area contributed by atoms with E-state index in [0.717, 1.165) is 26.2 Å². The number of carboxylic acids is 1. The predicted molar refractivity (Wildman–Crippen MR) is 70.1 cm³/mol. The molecule has 0 aromatic carbocycles. The fraction of sp³-hybridized carbons (Fsp3) is 0.750. The molecule has 1 saturated heterocycles. The van der Waals surface area contributed by atoms with Crippen LogP contribution in [0.15, 0.2) is 0 Å². The van der Waals surface area contributed by atoms with Crippen molar-refractivity contribution in [2.75, 3.05) is 39.8 Å². The Morgan fingerprint density at radius 3 is 2.55 bits per heavy atom.